The Bertz CT molecular complexity index is 647. The van der Waals surface area contributed by atoms with Crippen molar-refractivity contribution in [2.75, 3.05) is 0 Å². The van der Waals surface area contributed by atoms with Gasteiger partial charge in [0.1, 0.15) is 0 Å². The summed E-state index contributed by atoms with van der Waals surface area (Å²) < 4.78 is 18.9. The van der Waals surface area contributed by atoms with Crippen molar-refractivity contribution in [3.8, 4) is 11.6 Å². The molecule has 0 aliphatic carbocycles. The van der Waals surface area contributed by atoms with E-state index in [4.69, 9.17) is 10.5 Å². The van der Waals surface area contributed by atoms with Gasteiger partial charge in [0, 0.05) is 24.4 Å². The highest BCUT2D eigenvalue weighted by Gasteiger charge is 2.13. The van der Waals surface area contributed by atoms with Crippen LogP contribution in [0.5, 0.6) is 11.6 Å². The van der Waals surface area contributed by atoms with Gasteiger partial charge in [-0.3, -0.25) is 10.1 Å². The van der Waals surface area contributed by atoms with E-state index in [0.29, 0.717) is 0 Å². The van der Waals surface area contributed by atoms with E-state index in [2.05, 4.69) is 4.98 Å². The molecule has 0 radical (unpaired) electrons. The second-order valence-electron chi connectivity index (χ2n) is 4.19. The van der Waals surface area contributed by atoms with Gasteiger partial charge in [0.25, 0.3) is 5.69 Å². The van der Waals surface area contributed by atoms with Crippen molar-refractivity contribution >= 4 is 5.69 Å². The monoisotopic (exact) mass is 277 g/mol. The van der Waals surface area contributed by atoms with Gasteiger partial charge in [-0.2, -0.15) is 0 Å². The number of nitro groups is 1. The average Bonchev–Trinajstić information content (AvgIpc) is 2.41. The van der Waals surface area contributed by atoms with Crippen molar-refractivity contribution in [1.82, 2.24) is 4.98 Å². The van der Waals surface area contributed by atoms with Gasteiger partial charge in [0.15, 0.2) is 11.6 Å². The standard InChI is InChI=1S/C13H12FN3O3/c1-8(15)9-4-5-16-13(6-9)20-12-3-2-10(17(18)19)7-11(12)14/h2-8H,15H2,1H3/t8-/m0/s1. The van der Waals surface area contributed by atoms with Crippen LogP contribution in [-0.4, -0.2) is 9.91 Å². The molecule has 1 aromatic carbocycles. The average molecular weight is 277 g/mol. The van der Waals surface area contributed by atoms with Crippen LogP contribution in [0, 0.1) is 15.9 Å². The summed E-state index contributed by atoms with van der Waals surface area (Å²) in [6.07, 6.45) is 1.50. The molecule has 0 aliphatic heterocycles. The van der Waals surface area contributed by atoms with Crippen molar-refractivity contribution in [3.05, 3.63) is 58.0 Å². The Kier molecular flexibility index (Phi) is 3.90. The van der Waals surface area contributed by atoms with Gasteiger partial charge in [-0.25, -0.2) is 9.37 Å². The lowest BCUT2D eigenvalue weighted by molar-refractivity contribution is -0.385. The van der Waals surface area contributed by atoms with Gasteiger partial charge in [-0.1, -0.05) is 0 Å². The molecule has 1 aromatic heterocycles. The maximum atomic E-state index is 13.7. The third kappa shape index (κ3) is 3.07. The summed E-state index contributed by atoms with van der Waals surface area (Å²) in [6.45, 7) is 1.80. The topological polar surface area (TPSA) is 91.3 Å². The summed E-state index contributed by atoms with van der Waals surface area (Å²) in [5, 5.41) is 10.5. The minimum absolute atomic E-state index is 0.134. The molecule has 0 unspecified atom stereocenters. The summed E-state index contributed by atoms with van der Waals surface area (Å²) in [5.74, 6) is -0.787. The quantitative estimate of drug-likeness (QED) is 0.685. The highest BCUT2D eigenvalue weighted by atomic mass is 19.1. The molecule has 104 valence electrons. The molecule has 2 aromatic rings. The van der Waals surface area contributed by atoms with E-state index in [1.54, 1.807) is 19.1 Å². The number of rotatable bonds is 4. The summed E-state index contributed by atoms with van der Waals surface area (Å²) in [5.41, 5.74) is 6.18. The zero-order valence-corrected chi connectivity index (χ0v) is 10.6. The Morgan fingerprint density at radius 1 is 1.40 bits per heavy atom. The van der Waals surface area contributed by atoms with Crippen molar-refractivity contribution in [3.63, 3.8) is 0 Å². The molecule has 20 heavy (non-hydrogen) atoms. The number of non-ortho nitro benzene ring substituents is 1. The molecular formula is C13H12FN3O3. The van der Waals surface area contributed by atoms with Crippen LogP contribution >= 0.6 is 0 Å². The van der Waals surface area contributed by atoms with Gasteiger partial charge < -0.3 is 10.5 Å². The van der Waals surface area contributed by atoms with Crippen molar-refractivity contribution in [1.29, 1.82) is 0 Å². The fourth-order valence-electron chi connectivity index (χ4n) is 1.56. The largest absolute Gasteiger partial charge is 0.436 e. The SMILES string of the molecule is C[C@H](N)c1ccnc(Oc2ccc([N+](=O)[O-])cc2F)c1. The number of ether oxygens (including phenoxy) is 1. The summed E-state index contributed by atoms with van der Waals surface area (Å²) in [7, 11) is 0. The number of hydrogen-bond donors (Lipinski definition) is 1. The Hall–Kier alpha value is -2.54. The Labute approximate surface area is 114 Å². The molecule has 2 rings (SSSR count). The highest BCUT2D eigenvalue weighted by molar-refractivity contribution is 5.39. The maximum Gasteiger partial charge on any atom is 0.272 e. The van der Waals surface area contributed by atoms with E-state index in [9.17, 15) is 14.5 Å². The second-order valence-corrected chi connectivity index (χ2v) is 4.19. The molecule has 0 aliphatic rings. The lowest BCUT2D eigenvalue weighted by atomic mass is 10.1. The minimum atomic E-state index is -0.827. The Morgan fingerprint density at radius 3 is 2.75 bits per heavy atom. The number of aromatic nitrogens is 1. The normalized spacial score (nSPS) is 11.9. The molecule has 6 nitrogen and oxygen atoms in total. The first kappa shape index (κ1) is 13.9. The molecule has 0 amide bonds. The smallest absolute Gasteiger partial charge is 0.272 e. The molecule has 0 spiro atoms. The van der Waals surface area contributed by atoms with E-state index in [1.165, 1.54) is 12.3 Å². The summed E-state index contributed by atoms with van der Waals surface area (Å²) in [4.78, 5) is 13.8. The molecule has 2 N–H and O–H groups in total. The lowest BCUT2D eigenvalue weighted by Crippen LogP contribution is -2.05. The third-order valence-electron chi connectivity index (χ3n) is 2.63. The van der Waals surface area contributed by atoms with Crippen LogP contribution < -0.4 is 10.5 Å². The molecule has 0 saturated heterocycles. The molecule has 0 bridgehead atoms. The number of nitrogens with zero attached hydrogens (tertiary/aromatic N) is 2. The predicted octanol–water partition coefficient (Wildman–Crippen LogP) is 2.94. The summed E-state index contributed by atoms with van der Waals surface area (Å²) in [6, 6.07) is 6.25. The van der Waals surface area contributed by atoms with E-state index >= 15 is 0 Å². The first-order valence-electron chi connectivity index (χ1n) is 5.80. The zero-order valence-electron chi connectivity index (χ0n) is 10.6. The van der Waals surface area contributed by atoms with Crippen molar-refractivity contribution in [2.24, 2.45) is 5.73 Å². The van der Waals surface area contributed by atoms with Crippen molar-refractivity contribution in [2.45, 2.75) is 13.0 Å². The van der Waals surface area contributed by atoms with E-state index in [-0.39, 0.29) is 23.4 Å². The zero-order chi connectivity index (χ0) is 14.7. The number of halogens is 1. The number of hydrogen-bond acceptors (Lipinski definition) is 5. The van der Waals surface area contributed by atoms with Crippen LogP contribution in [0.25, 0.3) is 0 Å². The van der Waals surface area contributed by atoms with Gasteiger partial charge >= 0.3 is 0 Å². The fourth-order valence-corrected chi connectivity index (χ4v) is 1.56. The number of nitrogens with two attached hydrogens (primary N) is 1. The van der Waals surface area contributed by atoms with Crippen LogP contribution in [-0.2, 0) is 0 Å². The minimum Gasteiger partial charge on any atom is -0.436 e. The Morgan fingerprint density at radius 2 is 2.15 bits per heavy atom. The molecule has 1 atom stereocenters. The van der Waals surface area contributed by atoms with Crippen LogP contribution in [0.15, 0.2) is 36.5 Å². The predicted molar refractivity (Wildman–Crippen MR) is 70.0 cm³/mol. The summed E-state index contributed by atoms with van der Waals surface area (Å²) >= 11 is 0. The van der Waals surface area contributed by atoms with E-state index in [0.717, 1.165) is 17.7 Å². The molecule has 1 heterocycles. The highest BCUT2D eigenvalue weighted by Crippen LogP contribution is 2.27. The van der Waals surface area contributed by atoms with Gasteiger partial charge in [-0.15, -0.1) is 0 Å². The first-order valence-corrected chi connectivity index (χ1v) is 5.80. The van der Waals surface area contributed by atoms with Crippen LogP contribution in [0.4, 0.5) is 10.1 Å². The lowest BCUT2D eigenvalue weighted by Gasteiger charge is -2.09. The van der Waals surface area contributed by atoms with Crippen LogP contribution in [0.2, 0.25) is 0 Å². The van der Waals surface area contributed by atoms with Crippen molar-refractivity contribution < 1.29 is 14.1 Å². The van der Waals surface area contributed by atoms with Crippen LogP contribution in [0.3, 0.4) is 0 Å². The van der Waals surface area contributed by atoms with Gasteiger partial charge in [-0.05, 0) is 24.6 Å². The molecular weight excluding hydrogens is 265 g/mol. The van der Waals surface area contributed by atoms with Gasteiger partial charge in [0.05, 0.1) is 11.0 Å². The molecule has 0 saturated carbocycles. The Balaban J connectivity index is 2.26. The maximum absolute atomic E-state index is 13.7. The number of pyridine rings is 1. The number of nitro benzene ring substituents is 1. The van der Waals surface area contributed by atoms with E-state index in [1.807, 2.05) is 0 Å². The van der Waals surface area contributed by atoms with Gasteiger partial charge in [0.2, 0.25) is 5.88 Å². The molecule has 0 fully saturated rings. The first-order chi connectivity index (χ1) is 9.47. The second kappa shape index (κ2) is 5.62. The van der Waals surface area contributed by atoms with E-state index < -0.39 is 10.7 Å². The molecule has 7 heteroatoms. The van der Waals surface area contributed by atoms with Crippen LogP contribution in [0.1, 0.15) is 18.5 Å². The number of benzene rings is 1. The fraction of sp³-hybridized carbons (Fsp3) is 0.154. The third-order valence-corrected chi connectivity index (χ3v) is 2.63.